The highest BCUT2D eigenvalue weighted by atomic mass is 32.2. The number of benzene rings is 1. The molecule has 26 heavy (non-hydrogen) atoms. The second-order valence-corrected chi connectivity index (χ2v) is 9.04. The molecule has 0 spiro atoms. The van der Waals surface area contributed by atoms with Crippen LogP contribution in [0.2, 0.25) is 0 Å². The first-order valence-electron chi connectivity index (χ1n) is 8.14. The minimum atomic E-state index is -3.69. The summed E-state index contributed by atoms with van der Waals surface area (Å²) >= 11 is 1.26. The van der Waals surface area contributed by atoms with Gasteiger partial charge >= 0.3 is 0 Å². The topological polar surface area (TPSA) is 107 Å². The molecule has 0 aliphatic carbocycles. The van der Waals surface area contributed by atoms with E-state index >= 15 is 0 Å². The molecule has 0 bridgehead atoms. The molecule has 0 saturated carbocycles. The predicted octanol–water partition coefficient (Wildman–Crippen LogP) is 3.28. The van der Waals surface area contributed by atoms with Crippen molar-refractivity contribution in [2.45, 2.75) is 42.2 Å². The SMILES string of the molecule is Cc1noc(C)c1CSc1ccc(S(=O)(=O)N2CCCC2)cc1[N+](=O)[O-]. The van der Waals surface area contributed by atoms with Crippen LogP contribution in [-0.2, 0) is 15.8 Å². The first-order chi connectivity index (χ1) is 12.3. The first kappa shape index (κ1) is 18.9. The molecule has 2 heterocycles. The summed E-state index contributed by atoms with van der Waals surface area (Å²) in [7, 11) is -3.69. The zero-order valence-corrected chi connectivity index (χ0v) is 16.1. The van der Waals surface area contributed by atoms with Crippen LogP contribution in [-0.4, -0.2) is 35.9 Å². The lowest BCUT2D eigenvalue weighted by atomic mass is 10.2. The lowest BCUT2D eigenvalue weighted by molar-refractivity contribution is -0.388. The Kier molecular flexibility index (Phi) is 5.35. The van der Waals surface area contributed by atoms with E-state index in [1.165, 1.54) is 28.2 Å². The Morgan fingerprint density at radius 2 is 2.00 bits per heavy atom. The standard InChI is InChI=1S/C16H19N3O5S2/c1-11-14(12(2)24-17-11)10-25-16-6-5-13(9-15(16)19(20)21)26(22,23)18-7-3-4-8-18/h5-6,9H,3-4,7-8,10H2,1-2H3. The molecule has 0 amide bonds. The van der Waals surface area contributed by atoms with Crippen molar-refractivity contribution in [3.05, 3.63) is 45.3 Å². The lowest BCUT2D eigenvalue weighted by Crippen LogP contribution is -2.27. The normalized spacial score (nSPS) is 15.5. The largest absolute Gasteiger partial charge is 0.361 e. The van der Waals surface area contributed by atoms with Crippen LogP contribution in [0, 0.1) is 24.0 Å². The summed E-state index contributed by atoms with van der Waals surface area (Å²) in [6.07, 6.45) is 1.62. The van der Waals surface area contributed by atoms with Gasteiger partial charge < -0.3 is 4.52 Å². The highest BCUT2D eigenvalue weighted by Gasteiger charge is 2.29. The maximum absolute atomic E-state index is 12.6. The van der Waals surface area contributed by atoms with Crippen LogP contribution in [0.3, 0.4) is 0 Å². The maximum atomic E-state index is 12.6. The van der Waals surface area contributed by atoms with Crippen LogP contribution < -0.4 is 0 Å². The van der Waals surface area contributed by atoms with E-state index in [-0.39, 0.29) is 10.6 Å². The molecule has 0 N–H and O–H groups in total. The summed E-state index contributed by atoms with van der Waals surface area (Å²) in [5.74, 6) is 1.13. The molecule has 0 atom stereocenters. The van der Waals surface area contributed by atoms with Crippen molar-refractivity contribution in [2.75, 3.05) is 13.1 Å². The van der Waals surface area contributed by atoms with E-state index < -0.39 is 14.9 Å². The molecule has 1 aliphatic heterocycles. The molecule has 1 saturated heterocycles. The van der Waals surface area contributed by atoms with E-state index in [9.17, 15) is 18.5 Å². The number of thioether (sulfide) groups is 1. The van der Waals surface area contributed by atoms with Crippen LogP contribution in [0.1, 0.15) is 29.9 Å². The van der Waals surface area contributed by atoms with E-state index in [2.05, 4.69) is 5.16 Å². The molecule has 2 aromatic rings. The molecular weight excluding hydrogens is 378 g/mol. The average molecular weight is 397 g/mol. The zero-order valence-electron chi connectivity index (χ0n) is 14.5. The van der Waals surface area contributed by atoms with Crippen molar-refractivity contribution in [3.63, 3.8) is 0 Å². The molecule has 10 heteroatoms. The average Bonchev–Trinajstić information content (AvgIpc) is 3.24. The molecule has 1 aromatic carbocycles. The molecule has 8 nitrogen and oxygen atoms in total. The molecule has 1 aromatic heterocycles. The molecule has 1 aliphatic rings. The van der Waals surface area contributed by atoms with Crippen molar-refractivity contribution in [1.29, 1.82) is 0 Å². The third kappa shape index (κ3) is 3.62. The number of nitro benzene ring substituents is 1. The van der Waals surface area contributed by atoms with Gasteiger partial charge in [0.2, 0.25) is 10.0 Å². The number of nitrogens with zero attached hydrogens (tertiary/aromatic N) is 3. The summed E-state index contributed by atoms with van der Waals surface area (Å²) < 4.78 is 31.7. The number of nitro groups is 1. The Hall–Kier alpha value is -1.91. The minimum absolute atomic E-state index is 0.0345. The van der Waals surface area contributed by atoms with Gasteiger partial charge in [0, 0.05) is 30.5 Å². The number of rotatable bonds is 6. The van der Waals surface area contributed by atoms with Crippen molar-refractivity contribution in [3.8, 4) is 0 Å². The number of hydrogen-bond acceptors (Lipinski definition) is 7. The highest BCUT2D eigenvalue weighted by Crippen LogP contribution is 2.35. The summed E-state index contributed by atoms with van der Waals surface area (Å²) in [5.41, 5.74) is 1.42. The van der Waals surface area contributed by atoms with Gasteiger partial charge in [-0.3, -0.25) is 10.1 Å². The van der Waals surface area contributed by atoms with Crippen molar-refractivity contribution >= 4 is 27.5 Å². The quantitative estimate of drug-likeness (QED) is 0.418. The van der Waals surface area contributed by atoms with Crippen molar-refractivity contribution < 1.29 is 17.9 Å². The molecule has 3 rings (SSSR count). The number of aromatic nitrogens is 1. The Balaban J connectivity index is 1.89. The minimum Gasteiger partial charge on any atom is -0.361 e. The monoisotopic (exact) mass is 397 g/mol. The van der Waals surface area contributed by atoms with Crippen LogP contribution in [0.5, 0.6) is 0 Å². The van der Waals surface area contributed by atoms with Gasteiger partial charge in [-0.2, -0.15) is 4.31 Å². The highest BCUT2D eigenvalue weighted by molar-refractivity contribution is 7.98. The lowest BCUT2D eigenvalue weighted by Gasteiger charge is -2.15. The van der Waals surface area contributed by atoms with E-state index in [0.717, 1.165) is 30.2 Å². The number of sulfonamides is 1. The molecule has 0 unspecified atom stereocenters. The van der Waals surface area contributed by atoms with Gasteiger partial charge in [-0.25, -0.2) is 8.42 Å². The van der Waals surface area contributed by atoms with Gasteiger partial charge in [-0.05, 0) is 38.8 Å². The maximum Gasteiger partial charge on any atom is 0.284 e. The van der Waals surface area contributed by atoms with Gasteiger partial charge in [-0.15, -0.1) is 11.8 Å². The molecule has 1 fully saturated rings. The van der Waals surface area contributed by atoms with E-state index in [0.29, 0.717) is 29.5 Å². The Morgan fingerprint density at radius 1 is 1.31 bits per heavy atom. The van der Waals surface area contributed by atoms with Crippen molar-refractivity contribution in [1.82, 2.24) is 9.46 Å². The molecular formula is C16H19N3O5S2. The van der Waals surface area contributed by atoms with E-state index in [4.69, 9.17) is 4.52 Å². The fourth-order valence-corrected chi connectivity index (χ4v) is 5.55. The fraction of sp³-hybridized carbons (Fsp3) is 0.438. The summed E-state index contributed by atoms with van der Waals surface area (Å²) in [6, 6.07) is 4.10. The Bertz CT molecular complexity index is 914. The van der Waals surface area contributed by atoms with Crippen LogP contribution in [0.15, 0.2) is 32.5 Å². The van der Waals surface area contributed by atoms with Gasteiger partial charge in [0.25, 0.3) is 5.69 Å². The predicted molar refractivity (Wildman–Crippen MR) is 96.6 cm³/mol. The number of aryl methyl sites for hydroxylation is 2. The van der Waals surface area contributed by atoms with Gasteiger partial charge in [0.15, 0.2) is 0 Å². The first-order valence-corrected chi connectivity index (χ1v) is 10.6. The smallest absolute Gasteiger partial charge is 0.284 e. The van der Waals surface area contributed by atoms with Crippen molar-refractivity contribution in [2.24, 2.45) is 0 Å². The zero-order chi connectivity index (χ0) is 18.9. The van der Waals surface area contributed by atoms with Crippen LogP contribution in [0.25, 0.3) is 0 Å². The Morgan fingerprint density at radius 3 is 2.58 bits per heavy atom. The second kappa shape index (κ2) is 7.37. The van der Waals surface area contributed by atoms with E-state index in [1.807, 2.05) is 6.92 Å². The molecule has 0 radical (unpaired) electrons. The van der Waals surface area contributed by atoms with E-state index in [1.54, 1.807) is 6.92 Å². The summed E-state index contributed by atoms with van der Waals surface area (Å²) in [4.78, 5) is 11.3. The molecule has 140 valence electrons. The van der Waals surface area contributed by atoms with Gasteiger partial charge in [-0.1, -0.05) is 5.16 Å². The third-order valence-electron chi connectivity index (χ3n) is 4.38. The Labute approximate surface area is 155 Å². The second-order valence-electron chi connectivity index (χ2n) is 6.09. The van der Waals surface area contributed by atoms with Gasteiger partial charge in [0.05, 0.1) is 20.4 Å². The number of hydrogen-bond donors (Lipinski definition) is 0. The van der Waals surface area contributed by atoms with Crippen LogP contribution in [0.4, 0.5) is 5.69 Å². The van der Waals surface area contributed by atoms with Gasteiger partial charge in [0.1, 0.15) is 5.76 Å². The fourth-order valence-electron chi connectivity index (χ4n) is 2.86. The summed E-state index contributed by atoms with van der Waals surface area (Å²) in [5, 5.41) is 15.3. The van der Waals surface area contributed by atoms with Crippen LogP contribution >= 0.6 is 11.8 Å². The summed E-state index contributed by atoms with van der Waals surface area (Å²) in [6.45, 7) is 4.51. The third-order valence-corrected chi connectivity index (χ3v) is 7.37.